The van der Waals surface area contributed by atoms with Gasteiger partial charge in [0.1, 0.15) is 153 Å². The third kappa shape index (κ3) is 14.1. The van der Waals surface area contributed by atoms with Gasteiger partial charge in [-0.05, 0) is 25.8 Å². The van der Waals surface area contributed by atoms with Crippen LogP contribution in [0.25, 0.3) is 0 Å². The molecular weight excluding hydrogens is 1040 g/mol. The van der Waals surface area contributed by atoms with Gasteiger partial charge in [-0.3, -0.25) is 4.79 Å². The summed E-state index contributed by atoms with van der Waals surface area (Å²) in [6, 6.07) is -1.83. The topological polar surface area (TPSA) is 510 Å². The maximum Gasteiger partial charge on any atom is 0.217 e. The molecule has 0 spiro atoms. The van der Waals surface area contributed by atoms with Crippen molar-refractivity contribution in [1.82, 2.24) is 5.32 Å². The first-order valence-electron chi connectivity index (χ1n) is 24.8. The Morgan fingerprint density at radius 1 is 0.421 bits per heavy atom. The molecule has 0 aromatic heterocycles. The molecule has 17 unspecified atom stereocenters. The van der Waals surface area contributed by atoms with Gasteiger partial charge >= 0.3 is 0 Å². The number of carbonyl (C=O) groups excluding carboxylic acids is 1. The molecule has 444 valence electrons. The average molecular weight is 1120 g/mol. The molecule has 6 aliphatic rings. The molecule has 1 amide bonds. The zero-order valence-corrected chi connectivity index (χ0v) is 41.0. The number of nitrogens with two attached hydrogens (primary N) is 1. The maximum atomic E-state index is 13.8. The zero-order chi connectivity index (χ0) is 55.9. The van der Waals surface area contributed by atoms with Gasteiger partial charge in [0.2, 0.25) is 5.91 Å². The van der Waals surface area contributed by atoms with Crippen LogP contribution in [0.5, 0.6) is 0 Å². The van der Waals surface area contributed by atoms with Gasteiger partial charge in [0.15, 0.2) is 37.7 Å². The fourth-order valence-corrected chi connectivity index (χ4v) is 9.62. The monoisotopic (exact) mass is 1120 g/mol. The minimum absolute atomic E-state index is 0.104. The number of nitrogens with one attached hydrogen (secondary N) is 1. The third-order valence-corrected chi connectivity index (χ3v) is 13.9. The number of hydrogen-bond acceptors (Lipinski definition) is 31. The molecule has 0 radical (unpaired) electrons. The van der Waals surface area contributed by atoms with E-state index in [1.807, 2.05) is 0 Å². The van der Waals surface area contributed by atoms with Crippen LogP contribution in [-0.4, -0.2) is 330 Å². The van der Waals surface area contributed by atoms with Crippen LogP contribution in [0.1, 0.15) is 26.2 Å². The van der Waals surface area contributed by atoms with E-state index in [4.69, 9.17) is 62.6 Å². The highest BCUT2D eigenvalue weighted by Crippen LogP contribution is 2.37. The van der Waals surface area contributed by atoms with Crippen LogP contribution in [0.3, 0.4) is 0 Å². The van der Waals surface area contributed by atoms with E-state index in [0.717, 1.165) is 6.92 Å². The van der Waals surface area contributed by atoms with Gasteiger partial charge in [-0.25, -0.2) is 4.39 Å². The lowest BCUT2D eigenvalue weighted by Crippen LogP contribution is -2.70. The van der Waals surface area contributed by atoms with Crippen molar-refractivity contribution in [2.45, 2.75) is 210 Å². The lowest BCUT2D eigenvalue weighted by molar-refractivity contribution is -0.393. The van der Waals surface area contributed by atoms with E-state index in [0.29, 0.717) is 25.8 Å². The van der Waals surface area contributed by atoms with Gasteiger partial charge in [-0.2, -0.15) is 0 Å². The number of unbranched alkanes of at least 4 members (excludes halogenated alkanes) is 2. The molecule has 76 heavy (non-hydrogen) atoms. The fraction of sp³-hybridized carbons (Fsp3) is 0.977. The summed E-state index contributed by atoms with van der Waals surface area (Å²) in [4.78, 5) is 12.8. The SMILES string of the molecule is CC(=O)NC1C(O[C@@H]2OC(CO)[C@H](O)C(O)C2O[C@@H]2OC(CF)[C@@H](O)[C@H](O)C2O)[C@@H](O)C(CO)O[C@H]1OC1C(O)[C@@H](O[C@H]2C(CO)O[C@@H](O[C@@H]3C(CO)O[C@@H](OCCCCCN)C(O)C3O)C(O)C2O)OC(CO)[C@@H]1O. The predicted octanol–water partition coefficient (Wildman–Crippen LogP) is -11.8. The Morgan fingerprint density at radius 2 is 0.816 bits per heavy atom. The average Bonchev–Trinajstić information content (AvgIpc) is 3.40. The standard InChI is InChI=1S/C43H75FN2O30/c1-13(52)46-20-35(74-43-37(26(58)22(54)15(8-47)69-43)76-40-29(61)25(57)21(53)14(7-44)66-40)23(55)16(9-48)67-38(20)75-36-24(56)17(10-49)68-42(32(36)64)73-34-19(12-51)71-41(31(63)28(34)60)72-33-18(11-50)70-39(30(62)27(33)59)65-6-4-2-3-5-45/h14-43,47-51,53-64H,2-12,45H2,1H3,(H,46,52)/t14?,15?,16?,17?,18?,19?,20?,21-,22+,23+,24+,25+,26?,27?,28?,29?,30?,31?,32?,33-,34+,35?,36?,37?,38+,39-,40+,41+,42-,43+/m1/s1. The van der Waals surface area contributed by atoms with Crippen LogP contribution in [-0.2, 0) is 61.6 Å². The summed E-state index contributed by atoms with van der Waals surface area (Å²) < 4.78 is 82.4. The van der Waals surface area contributed by atoms with Crippen molar-refractivity contribution in [3.05, 3.63) is 0 Å². The van der Waals surface area contributed by atoms with Crippen molar-refractivity contribution in [3.63, 3.8) is 0 Å². The summed E-state index contributed by atoms with van der Waals surface area (Å²) in [5, 5.41) is 186. The number of amides is 1. The number of aliphatic hydroxyl groups is 17. The molecule has 30 atom stereocenters. The molecule has 0 bridgehead atoms. The molecule has 6 heterocycles. The van der Waals surface area contributed by atoms with Crippen LogP contribution in [0.15, 0.2) is 0 Å². The van der Waals surface area contributed by atoms with Crippen molar-refractivity contribution < 1.29 is 153 Å². The van der Waals surface area contributed by atoms with Crippen molar-refractivity contribution in [2.75, 3.05) is 52.9 Å². The predicted molar refractivity (Wildman–Crippen MR) is 236 cm³/mol. The Labute approximate surface area is 432 Å². The second kappa shape index (κ2) is 28.8. The normalized spacial score (nSPS) is 48.4. The molecule has 33 heteroatoms. The van der Waals surface area contributed by atoms with Crippen LogP contribution < -0.4 is 11.1 Å². The molecule has 6 aliphatic heterocycles. The molecule has 0 saturated carbocycles. The molecule has 32 nitrogen and oxygen atoms in total. The number of halogens is 1. The van der Waals surface area contributed by atoms with Crippen molar-refractivity contribution in [1.29, 1.82) is 0 Å². The molecule has 0 aliphatic carbocycles. The largest absolute Gasteiger partial charge is 0.394 e. The fourth-order valence-electron chi connectivity index (χ4n) is 9.62. The van der Waals surface area contributed by atoms with E-state index in [2.05, 4.69) is 5.32 Å². The third-order valence-electron chi connectivity index (χ3n) is 13.9. The number of alkyl halides is 1. The van der Waals surface area contributed by atoms with Gasteiger partial charge < -0.3 is 155 Å². The summed E-state index contributed by atoms with van der Waals surface area (Å²) in [7, 11) is 0. The van der Waals surface area contributed by atoms with Gasteiger partial charge in [-0.1, -0.05) is 0 Å². The lowest BCUT2D eigenvalue weighted by Gasteiger charge is -2.51. The van der Waals surface area contributed by atoms with Gasteiger partial charge in [0, 0.05) is 13.5 Å². The lowest BCUT2D eigenvalue weighted by atomic mass is 9.94. The summed E-state index contributed by atoms with van der Waals surface area (Å²) in [6.07, 6.45) is -53.7. The Bertz CT molecular complexity index is 1740. The number of ether oxygens (including phenoxy) is 12. The van der Waals surface area contributed by atoms with E-state index in [-0.39, 0.29) is 6.61 Å². The van der Waals surface area contributed by atoms with Gasteiger partial charge in [0.05, 0.1) is 33.0 Å². The maximum absolute atomic E-state index is 13.8. The summed E-state index contributed by atoms with van der Waals surface area (Å²) in [6.45, 7) is -4.76. The second-order valence-electron chi connectivity index (χ2n) is 19.2. The Morgan fingerprint density at radius 3 is 1.36 bits per heavy atom. The molecule has 20 N–H and O–H groups in total. The molecular formula is C43H75FN2O30. The van der Waals surface area contributed by atoms with E-state index < -0.39 is 230 Å². The van der Waals surface area contributed by atoms with E-state index in [1.165, 1.54) is 0 Å². The van der Waals surface area contributed by atoms with E-state index in [9.17, 15) is 96.0 Å². The van der Waals surface area contributed by atoms with Crippen LogP contribution in [0, 0.1) is 0 Å². The van der Waals surface area contributed by atoms with Crippen LogP contribution >= 0.6 is 0 Å². The molecule has 0 aromatic rings. The number of aliphatic hydroxyl groups excluding tert-OH is 17. The summed E-state index contributed by atoms with van der Waals surface area (Å²) >= 11 is 0. The van der Waals surface area contributed by atoms with Crippen molar-refractivity contribution >= 4 is 5.91 Å². The first-order chi connectivity index (χ1) is 36.2. The van der Waals surface area contributed by atoms with E-state index in [1.54, 1.807) is 0 Å². The Kier molecular flexibility index (Phi) is 24.0. The first kappa shape index (κ1) is 63.4. The van der Waals surface area contributed by atoms with Gasteiger partial charge in [0.25, 0.3) is 0 Å². The van der Waals surface area contributed by atoms with Crippen LogP contribution in [0.2, 0.25) is 0 Å². The zero-order valence-electron chi connectivity index (χ0n) is 41.0. The van der Waals surface area contributed by atoms with Gasteiger partial charge in [-0.15, -0.1) is 0 Å². The number of rotatable bonds is 23. The molecule has 6 fully saturated rings. The van der Waals surface area contributed by atoms with Crippen molar-refractivity contribution in [2.24, 2.45) is 5.73 Å². The Balaban J connectivity index is 1.20. The number of carbonyl (C=O) groups is 1. The summed E-state index contributed by atoms with van der Waals surface area (Å²) in [5.74, 6) is -0.892. The molecule has 6 rings (SSSR count). The van der Waals surface area contributed by atoms with Crippen LogP contribution in [0.4, 0.5) is 4.39 Å². The highest BCUT2D eigenvalue weighted by molar-refractivity contribution is 5.73. The molecule has 0 aromatic carbocycles. The highest BCUT2D eigenvalue weighted by Gasteiger charge is 2.58. The second-order valence-corrected chi connectivity index (χ2v) is 19.2. The van der Waals surface area contributed by atoms with Crippen molar-refractivity contribution in [3.8, 4) is 0 Å². The highest BCUT2D eigenvalue weighted by atomic mass is 19.1. The smallest absolute Gasteiger partial charge is 0.217 e. The Hall–Kier alpha value is -1.80. The minimum Gasteiger partial charge on any atom is -0.394 e. The first-order valence-corrected chi connectivity index (χ1v) is 24.8. The minimum atomic E-state index is -2.24. The number of hydrogen-bond donors (Lipinski definition) is 19. The quantitative estimate of drug-likeness (QED) is 0.0423. The molecule has 6 saturated heterocycles. The summed E-state index contributed by atoms with van der Waals surface area (Å²) in [5.41, 5.74) is 5.50. The van der Waals surface area contributed by atoms with E-state index >= 15 is 0 Å².